The first kappa shape index (κ1) is 15.8. The third-order valence-corrected chi connectivity index (χ3v) is 4.95. The molecule has 0 aliphatic heterocycles. The van der Waals surface area contributed by atoms with Crippen molar-refractivity contribution in [1.82, 2.24) is 19.5 Å². The Kier molecular flexibility index (Phi) is 3.80. The molecule has 0 saturated heterocycles. The van der Waals surface area contributed by atoms with Crippen LogP contribution in [0.2, 0.25) is 0 Å². The molecule has 1 N–H and O–H groups in total. The average Bonchev–Trinajstić information content (AvgIpc) is 3.10. The van der Waals surface area contributed by atoms with E-state index in [0.717, 1.165) is 43.6 Å². The monoisotopic (exact) mass is 353 g/mol. The lowest BCUT2D eigenvalue weighted by Gasteiger charge is -2.13. The zero-order chi connectivity index (χ0) is 17.6. The zero-order valence-electron chi connectivity index (χ0n) is 14.6. The van der Waals surface area contributed by atoms with Crippen LogP contribution >= 0.6 is 11.3 Å². The number of aryl methyl sites for hydroxylation is 2. The van der Waals surface area contributed by atoms with Crippen LogP contribution in [0.3, 0.4) is 0 Å². The van der Waals surface area contributed by atoms with Gasteiger partial charge in [0.2, 0.25) is 0 Å². The van der Waals surface area contributed by atoms with E-state index < -0.39 is 0 Å². The van der Waals surface area contributed by atoms with Gasteiger partial charge in [-0.3, -0.25) is 4.98 Å². The standard InChI is InChI=1S/C18H19N5OS/c1-10(2)24-14-7-8-19-9-12(14)21-18-22-17-15(25-18)6-5-13-16(17)20-11(3)23(13)4/h5-10H,1-4H3,(H,21,22). The molecular formula is C18H19N5OS. The van der Waals surface area contributed by atoms with Gasteiger partial charge in [-0.15, -0.1) is 0 Å². The molecule has 0 radical (unpaired) electrons. The summed E-state index contributed by atoms with van der Waals surface area (Å²) in [6.45, 7) is 6.01. The van der Waals surface area contributed by atoms with Crippen LogP contribution in [0, 0.1) is 6.92 Å². The molecule has 0 bridgehead atoms. The zero-order valence-corrected chi connectivity index (χ0v) is 15.4. The maximum Gasteiger partial charge on any atom is 0.188 e. The summed E-state index contributed by atoms with van der Waals surface area (Å²) < 4.78 is 9.02. The predicted octanol–water partition coefficient (Wildman–Crippen LogP) is 4.42. The third kappa shape index (κ3) is 2.80. The second-order valence-corrected chi connectivity index (χ2v) is 7.21. The first-order chi connectivity index (χ1) is 12.0. The molecule has 0 saturated carbocycles. The summed E-state index contributed by atoms with van der Waals surface area (Å²) in [5, 5.41) is 4.14. The van der Waals surface area contributed by atoms with Crippen molar-refractivity contribution in [3.05, 3.63) is 36.4 Å². The Labute approximate surface area is 149 Å². The highest BCUT2D eigenvalue weighted by molar-refractivity contribution is 7.22. The van der Waals surface area contributed by atoms with Gasteiger partial charge in [-0.2, -0.15) is 0 Å². The van der Waals surface area contributed by atoms with Crippen LogP contribution in [0.4, 0.5) is 10.8 Å². The fourth-order valence-electron chi connectivity index (χ4n) is 2.76. The van der Waals surface area contributed by atoms with Crippen molar-refractivity contribution in [2.75, 3.05) is 5.32 Å². The number of fused-ring (bicyclic) bond motifs is 3. The Hall–Kier alpha value is -2.67. The van der Waals surface area contributed by atoms with Crippen molar-refractivity contribution in [2.45, 2.75) is 26.9 Å². The lowest BCUT2D eigenvalue weighted by Crippen LogP contribution is -2.07. The molecule has 3 heterocycles. The molecule has 0 unspecified atom stereocenters. The molecule has 6 nitrogen and oxygen atoms in total. The summed E-state index contributed by atoms with van der Waals surface area (Å²) in [5.74, 6) is 1.74. The van der Waals surface area contributed by atoms with Crippen molar-refractivity contribution in [3.63, 3.8) is 0 Å². The number of rotatable bonds is 4. The molecule has 0 aliphatic carbocycles. The van der Waals surface area contributed by atoms with E-state index in [1.54, 1.807) is 23.7 Å². The van der Waals surface area contributed by atoms with Crippen molar-refractivity contribution in [3.8, 4) is 5.75 Å². The van der Waals surface area contributed by atoms with Crippen LogP contribution in [-0.2, 0) is 7.05 Å². The smallest absolute Gasteiger partial charge is 0.188 e. The number of pyridine rings is 1. The summed E-state index contributed by atoms with van der Waals surface area (Å²) >= 11 is 1.59. The van der Waals surface area contributed by atoms with Crippen LogP contribution in [-0.4, -0.2) is 25.6 Å². The minimum atomic E-state index is 0.0921. The predicted molar refractivity (Wildman–Crippen MR) is 102 cm³/mol. The second-order valence-electron chi connectivity index (χ2n) is 6.18. The first-order valence-electron chi connectivity index (χ1n) is 8.13. The molecule has 0 amide bonds. The minimum absolute atomic E-state index is 0.0921. The number of ether oxygens (including phenoxy) is 1. The van der Waals surface area contributed by atoms with Gasteiger partial charge in [-0.25, -0.2) is 9.97 Å². The summed E-state index contributed by atoms with van der Waals surface area (Å²) in [6, 6.07) is 6.05. The molecule has 0 aliphatic rings. The number of anilines is 2. The van der Waals surface area contributed by atoms with Crippen LogP contribution < -0.4 is 10.1 Å². The fourth-order valence-corrected chi connectivity index (χ4v) is 3.64. The van der Waals surface area contributed by atoms with Crippen molar-refractivity contribution < 1.29 is 4.74 Å². The highest BCUT2D eigenvalue weighted by atomic mass is 32.1. The van der Waals surface area contributed by atoms with Gasteiger partial charge < -0.3 is 14.6 Å². The number of benzene rings is 1. The molecule has 0 atom stereocenters. The van der Waals surface area contributed by atoms with E-state index in [2.05, 4.69) is 32.0 Å². The number of nitrogens with one attached hydrogen (secondary N) is 1. The Balaban J connectivity index is 1.76. The average molecular weight is 353 g/mol. The second kappa shape index (κ2) is 6.00. The number of aromatic nitrogens is 4. The largest absolute Gasteiger partial charge is 0.489 e. The molecule has 0 fully saturated rings. The van der Waals surface area contributed by atoms with Gasteiger partial charge in [0.1, 0.15) is 28.3 Å². The Bertz CT molecular complexity index is 1070. The van der Waals surface area contributed by atoms with E-state index >= 15 is 0 Å². The van der Waals surface area contributed by atoms with Gasteiger partial charge in [0.15, 0.2) is 5.13 Å². The molecule has 1 aromatic carbocycles. The molecule has 3 aromatic heterocycles. The van der Waals surface area contributed by atoms with Crippen LogP contribution in [0.5, 0.6) is 5.75 Å². The number of hydrogen-bond donors (Lipinski definition) is 1. The molecule has 7 heteroatoms. The number of imidazole rings is 1. The molecular weight excluding hydrogens is 334 g/mol. The Morgan fingerprint density at radius 2 is 2.00 bits per heavy atom. The Morgan fingerprint density at radius 3 is 2.80 bits per heavy atom. The van der Waals surface area contributed by atoms with Gasteiger partial charge in [0, 0.05) is 19.3 Å². The summed E-state index contributed by atoms with van der Waals surface area (Å²) in [5.41, 5.74) is 3.76. The third-order valence-electron chi connectivity index (χ3n) is 4.02. The molecule has 0 spiro atoms. The van der Waals surface area contributed by atoms with Gasteiger partial charge in [-0.1, -0.05) is 11.3 Å². The summed E-state index contributed by atoms with van der Waals surface area (Å²) in [6.07, 6.45) is 3.57. The molecule has 128 valence electrons. The van der Waals surface area contributed by atoms with E-state index in [9.17, 15) is 0 Å². The topological polar surface area (TPSA) is 64.9 Å². The number of hydrogen-bond acceptors (Lipinski definition) is 6. The van der Waals surface area contributed by atoms with E-state index in [1.165, 1.54) is 0 Å². The van der Waals surface area contributed by atoms with Crippen molar-refractivity contribution >= 4 is 43.4 Å². The van der Waals surface area contributed by atoms with Gasteiger partial charge >= 0.3 is 0 Å². The van der Waals surface area contributed by atoms with Crippen LogP contribution in [0.1, 0.15) is 19.7 Å². The summed E-state index contributed by atoms with van der Waals surface area (Å²) in [4.78, 5) is 13.6. The maximum absolute atomic E-state index is 5.84. The lowest BCUT2D eigenvalue weighted by molar-refractivity contribution is 0.243. The SMILES string of the molecule is Cc1nc2c3nc(Nc4cnccc4OC(C)C)sc3ccc2n1C. The Morgan fingerprint density at radius 1 is 1.16 bits per heavy atom. The molecule has 25 heavy (non-hydrogen) atoms. The minimum Gasteiger partial charge on any atom is -0.489 e. The fraction of sp³-hybridized carbons (Fsp3) is 0.278. The van der Waals surface area contributed by atoms with E-state index in [0.29, 0.717) is 0 Å². The highest BCUT2D eigenvalue weighted by Gasteiger charge is 2.14. The van der Waals surface area contributed by atoms with Gasteiger partial charge in [-0.05, 0) is 32.9 Å². The van der Waals surface area contributed by atoms with Crippen LogP contribution in [0.15, 0.2) is 30.6 Å². The van der Waals surface area contributed by atoms with E-state index in [4.69, 9.17) is 9.72 Å². The number of thiazole rings is 1. The molecule has 4 aromatic rings. The maximum atomic E-state index is 5.84. The van der Waals surface area contributed by atoms with Crippen LogP contribution in [0.25, 0.3) is 21.3 Å². The van der Waals surface area contributed by atoms with E-state index in [1.807, 2.05) is 33.9 Å². The lowest BCUT2D eigenvalue weighted by atomic mass is 10.3. The quantitative estimate of drug-likeness (QED) is 0.588. The highest BCUT2D eigenvalue weighted by Crippen LogP contribution is 2.35. The van der Waals surface area contributed by atoms with Gasteiger partial charge in [0.25, 0.3) is 0 Å². The number of nitrogens with zero attached hydrogens (tertiary/aromatic N) is 4. The van der Waals surface area contributed by atoms with Crippen molar-refractivity contribution in [2.24, 2.45) is 7.05 Å². The first-order valence-corrected chi connectivity index (χ1v) is 8.95. The van der Waals surface area contributed by atoms with Gasteiger partial charge in [0.05, 0.1) is 22.5 Å². The summed E-state index contributed by atoms with van der Waals surface area (Å²) in [7, 11) is 2.02. The van der Waals surface area contributed by atoms with Crippen molar-refractivity contribution in [1.29, 1.82) is 0 Å². The van der Waals surface area contributed by atoms with E-state index in [-0.39, 0.29) is 6.10 Å². The normalized spacial score (nSPS) is 11.6. The molecule has 4 rings (SSSR count).